The van der Waals surface area contributed by atoms with Crippen molar-refractivity contribution in [3.63, 3.8) is 0 Å². The van der Waals surface area contributed by atoms with Crippen LogP contribution < -0.4 is 5.32 Å². The molecule has 1 heterocycles. The second-order valence-electron chi connectivity index (χ2n) is 6.57. The van der Waals surface area contributed by atoms with Gasteiger partial charge in [0.15, 0.2) is 0 Å². The van der Waals surface area contributed by atoms with E-state index in [-0.39, 0.29) is 18.4 Å². The number of hydrogen-bond acceptors (Lipinski definition) is 3. The van der Waals surface area contributed by atoms with Crippen LogP contribution in [0.5, 0.6) is 0 Å². The smallest absolute Gasteiger partial charge is 0.226 e. The fraction of sp³-hybridized carbons (Fsp3) is 0.368. The highest BCUT2D eigenvalue weighted by Crippen LogP contribution is 2.24. The molecule has 24 heavy (non-hydrogen) atoms. The quantitative estimate of drug-likeness (QED) is 0.809. The third-order valence-corrected chi connectivity index (χ3v) is 4.27. The highest BCUT2D eigenvalue weighted by Gasteiger charge is 2.28. The van der Waals surface area contributed by atoms with Gasteiger partial charge in [-0.1, -0.05) is 43.6 Å². The van der Waals surface area contributed by atoms with E-state index in [9.17, 15) is 9.90 Å². The molecule has 2 aromatic rings. The fourth-order valence-electron chi connectivity index (χ4n) is 2.60. The summed E-state index contributed by atoms with van der Waals surface area (Å²) in [6, 6.07) is 11.3. The summed E-state index contributed by atoms with van der Waals surface area (Å²) < 4.78 is 0. The van der Waals surface area contributed by atoms with Gasteiger partial charge in [-0.3, -0.25) is 9.78 Å². The molecule has 2 rings (SSSR count). The van der Waals surface area contributed by atoms with Crippen molar-refractivity contribution in [1.29, 1.82) is 0 Å². The molecule has 0 bridgehead atoms. The minimum atomic E-state index is -0.570. The first-order valence-corrected chi connectivity index (χ1v) is 8.33. The molecule has 0 fully saturated rings. The molecule has 1 aromatic carbocycles. The number of benzene rings is 1. The lowest BCUT2D eigenvalue weighted by molar-refractivity contribution is -0.129. The normalized spacial score (nSPS) is 12.7. The van der Waals surface area contributed by atoms with Crippen LogP contribution in [0.15, 0.2) is 48.8 Å². The Kier molecular flexibility index (Phi) is 6.35. The van der Waals surface area contributed by atoms with E-state index in [4.69, 9.17) is 11.6 Å². The predicted octanol–water partition coefficient (Wildman–Crippen LogP) is 3.20. The Hall–Kier alpha value is -1.91. The Morgan fingerprint density at radius 3 is 2.75 bits per heavy atom. The van der Waals surface area contributed by atoms with Crippen molar-refractivity contribution in [1.82, 2.24) is 10.3 Å². The number of aromatic nitrogens is 1. The van der Waals surface area contributed by atoms with E-state index in [0.717, 1.165) is 11.1 Å². The van der Waals surface area contributed by atoms with Gasteiger partial charge in [0.2, 0.25) is 5.91 Å². The van der Waals surface area contributed by atoms with E-state index in [2.05, 4.69) is 10.3 Å². The third-order valence-electron chi connectivity index (χ3n) is 4.04. The molecule has 2 N–H and O–H groups in total. The van der Waals surface area contributed by atoms with Crippen molar-refractivity contribution < 1.29 is 9.90 Å². The number of pyridine rings is 1. The van der Waals surface area contributed by atoms with Crippen molar-refractivity contribution in [2.24, 2.45) is 5.41 Å². The van der Waals surface area contributed by atoms with Crippen LogP contribution in [0.4, 0.5) is 0 Å². The maximum Gasteiger partial charge on any atom is 0.226 e. The monoisotopic (exact) mass is 346 g/mol. The summed E-state index contributed by atoms with van der Waals surface area (Å²) >= 11 is 6.01. The number of aliphatic hydroxyl groups excluding tert-OH is 1. The standard InChI is InChI=1S/C19H23ClN2O2/c1-19(2,10-14-5-3-7-17(20)9-14)18(24)22-12-16(13-23)15-6-4-8-21-11-15/h3-9,11,16,23H,10,12-13H2,1-2H3,(H,22,24). The van der Waals surface area contributed by atoms with Crippen LogP contribution in [0.1, 0.15) is 30.9 Å². The summed E-state index contributed by atoms with van der Waals surface area (Å²) in [6.07, 6.45) is 3.99. The zero-order valence-corrected chi connectivity index (χ0v) is 14.8. The summed E-state index contributed by atoms with van der Waals surface area (Å²) in [6.45, 7) is 4.14. The molecule has 0 aliphatic carbocycles. The number of halogens is 1. The Balaban J connectivity index is 1.97. The molecule has 4 nitrogen and oxygen atoms in total. The van der Waals surface area contributed by atoms with Crippen LogP contribution in [0, 0.1) is 5.41 Å². The highest BCUT2D eigenvalue weighted by atomic mass is 35.5. The van der Waals surface area contributed by atoms with Gasteiger partial charge in [-0.15, -0.1) is 0 Å². The molecule has 5 heteroatoms. The van der Waals surface area contributed by atoms with E-state index >= 15 is 0 Å². The molecule has 0 spiro atoms. The Morgan fingerprint density at radius 1 is 1.33 bits per heavy atom. The van der Waals surface area contributed by atoms with E-state index < -0.39 is 5.41 Å². The Bertz CT molecular complexity index is 674. The summed E-state index contributed by atoms with van der Waals surface area (Å²) in [7, 11) is 0. The van der Waals surface area contributed by atoms with Gasteiger partial charge in [0, 0.05) is 35.3 Å². The SMILES string of the molecule is CC(C)(Cc1cccc(Cl)c1)C(=O)NCC(CO)c1cccnc1. The zero-order valence-electron chi connectivity index (χ0n) is 14.0. The maximum absolute atomic E-state index is 12.6. The average Bonchev–Trinajstić information content (AvgIpc) is 2.55. The first kappa shape index (κ1) is 18.4. The van der Waals surface area contributed by atoms with E-state index in [1.54, 1.807) is 12.4 Å². The first-order chi connectivity index (χ1) is 11.4. The second kappa shape index (κ2) is 8.27. The van der Waals surface area contributed by atoms with Gasteiger partial charge in [-0.2, -0.15) is 0 Å². The molecule has 1 amide bonds. The van der Waals surface area contributed by atoms with Crippen molar-refractivity contribution in [2.75, 3.05) is 13.2 Å². The molecule has 0 saturated carbocycles. The molecule has 1 unspecified atom stereocenters. The number of rotatable bonds is 7. The number of hydrogen-bond donors (Lipinski definition) is 2. The third kappa shape index (κ3) is 5.05. The molecular weight excluding hydrogens is 324 g/mol. The van der Waals surface area contributed by atoms with Crippen LogP contribution >= 0.6 is 11.6 Å². The lowest BCUT2D eigenvalue weighted by Gasteiger charge is -2.25. The van der Waals surface area contributed by atoms with Crippen molar-refractivity contribution >= 4 is 17.5 Å². The Labute approximate surface area is 147 Å². The minimum absolute atomic E-state index is 0.0410. The van der Waals surface area contributed by atoms with E-state index in [0.29, 0.717) is 18.0 Å². The molecule has 128 valence electrons. The summed E-state index contributed by atoms with van der Waals surface area (Å²) in [5.74, 6) is -0.213. The molecule has 0 aliphatic heterocycles. The molecule has 1 atom stereocenters. The average molecular weight is 347 g/mol. The summed E-state index contributed by atoms with van der Waals surface area (Å²) in [5, 5.41) is 13.2. The van der Waals surface area contributed by atoms with Gasteiger partial charge >= 0.3 is 0 Å². The largest absolute Gasteiger partial charge is 0.396 e. The van der Waals surface area contributed by atoms with Gasteiger partial charge in [0.1, 0.15) is 0 Å². The molecule has 0 radical (unpaired) electrons. The zero-order chi connectivity index (χ0) is 17.6. The van der Waals surface area contributed by atoms with Gasteiger partial charge < -0.3 is 10.4 Å². The fourth-order valence-corrected chi connectivity index (χ4v) is 2.81. The number of amides is 1. The number of carbonyl (C=O) groups is 1. The van der Waals surface area contributed by atoms with Crippen molar-refractivity contribution in [2.45, 2.75) is 26.2 Å². The van der Waals surface area contributed by atoms with Crippen LogP contribution in [0.2, 0.25) is 5.02 Å². The number of nitrogens with one attached hydrogen (secondary N) is 1. The summed E-state index contributed by atoms with van der Waals surface area (Å²) in [5.41, 5.74) is 1.36. The molecule has 0 aliphatic rings. The van der Waals surface area contributed by atoms with Gasteiger partial charge in [0.25, 0.3) is 0 Å². The second-order valence-corrected chi connectivity index (χ2v) is 7.00. The molecule has 1 aromatic heterocycles. The first-order valence-electron chi connectivity index (χ1n) is 7.96. The number of carbonyl (C=O) groups excluding carboxylic acids is 1. The number of nitrogens with zero attached hydrogens (tertiary/aromatic N) is 1. The predicted molar refractivity (Wildman–Crippen MR) is 96.0 cm³/mol. The van der Waals surface area contributed by atoms with Gasteiger partial charge in [0.05, 0.1) is 6.61 Å². The van der Waals surface area contributed by atoms with Gasteiger partial charge in [-0.05, 0) is 35.7 Å². The lowest BCUT2D eigenvalue weighted by atomic mass is 9.84. The van der Waals surface area contributed by atoms with Crippen LogP contribution in [0.3, 0.4) is 0 Å². The maximum atomic E-state index is 12.6. The highest BCUT2D eigenvalue weighted by molar-refractivity contribution is 6.30. The van der Waals surface area contributed by atoms with Crippen LogP contribution in [-0.4, -0.2) is 29.1 Å². The van der Waals surface area contributed by atoms with Crippen LogP contribution in [-0.2, 0) is 11.2 Å². The van der Waals surface area contributed by atoms with Gasteiger partial charge in [-0.25, -0.2) is 0 Å². The lowest BCUT2D eigenvalue weighted by Crippen LogP contribution is -2.40. The Morgan fingerprint density at radius 2 is 2.12 bits per heavy atom. The number of aliphatic hydroxyl groups is 1. The molecular formula is C19H23ClN2O2. The van der Waals surface area contributed by atoms with Crippen LogP contribution in [0.25, 0.3) is 0 Å². The summed E-state index contributed by atoms with van der Waals surface area (Å²) in [4.78, 5) is 16.6. The molecule has 0 saturated heterocycles. The minimum Gasteiger partial charge on any atom is -0.396 e. The van der Waals surface area contributed by atoms with E-state index in [1.165, 1.54) is 0 Å². The van der Waals surface area contributed by atoms with Crippen molar-refractivity contribution in [3.8, 4) is 0 Å². The topological polar surface area (TPSA) is 62.2 Å². The van der Waals surface area contributed by atoms with E-state index in [1.807, 2.05) is 50.2 Å². The van der Waals surface area contributed by atoms with Crippen molar-refractivity contribution in [3.05, 3.63) is 64.9 Å².